The monoisotopic (exact) mass is 325 g/mol. The van der Waals surface area contributed by atoms with Gasteiger partial charge in [-0.05, 0) is 32.4 Å². The summed E-state index contributed by atoms with van der Waals surface area (Å²) in [5, 5.41) is 0. The zero-order valence-corrected chi connectivity index (χ0v) is 13.9. The highest BCUT2D eigenvalue weighted by atomic mass is 32.2. The minimum Gasteiger partial charge on any atom is -0.378 e. The molecule has 0 bridgehead atoms. The summed E-state index contributed by atoms with van der Waals surface area (Å²) in [5.41, 5.74) is 0.699. The lowest BCUT2D eigenvalue weighted by Gasteiger charge is -2.52. The molecule has 1 unspecified atom stereocenters. The maximum absolute atomic E-state index is 12.6. The average Bonchev–Trinajstić information content (AvgIpc) is 2.46. The van der Waals surface area contributed by atoms with Gasteiger partial charge in [0.15, 0.2) is 0 Å². The van der Waals surface area contributed by atoms with Gasteiger partial charge in [0.2, 0.25) is 10.0 Å². The van der Waals surface area contributed by atoms with Gasteiger partial charge >= 0.3 is 0 Å². The SMILES string of the molecule is CCOC1CCOC2(C1)CN(S(=O)(=O)c1ccc(C)cc1)C2. The Labute approximate surface area is 132 Å². The highest BCUT2D eigenvalue weighted by molar-refractivity contribution is 7.89. The van der Waals surface area contributed by atoms with Gasteiger partial charge in [0.25, 0.3) is 0 Å². The molecule has 6 heteroatoms. The number of nitrogens with zero attached hydrogens (tertiary/aromatic N) is 1. The molecule has 5 nitrogen and oxygen atoms in total. The summed E-state index contributed by atoms with van der Waals surface area (Å²) in [6.45, 7) is 6.10. The number of aryl methyl sites for hydroxylation is 1. The predicted octanol–water partition coefficient (Wildman–Crippen LogP) is 1.95. The molecule has 2 saturated heterocycles. The van der Waals surface area contributed by atoms with Crippen LogP contribution in [-0.4, -0.2) is 50.7 Å². The molecule has 0 radical (unpaired) electrons. The molecule has 2 fully saturated rings. The molecule has 1 aromatic rings. The number of benzene rings is 1. The van der Waals surface area contributed by atoms with Gasteiger partial charge < -0.3 is 9.47 Å². The summed E-state index contributed by atoms with van der Waals surface area (Å²) in [6, 6.07) is 6.98. The number of rotatable bonds is 4. The normalized spacial score (nSPS) is 25.1. The second-order valence-electron chi connectivity index (χ2n) is 6.19. The Morgan fingerprint density at radius 1 is 1.32 bits per heavy atom. The van der Waals surface area contributed by atoms with Crippen molar-refractivity contribution in [2.45, 2.75) is 43.3 Å². The third kappa shape index (κ3) is 2.93. The number of hydrogen-bond donors (Lipinski definition) is 0. The Morgan fingerprint density at radius 3 is 2.64 bits per heavy atom. The van der Waals surface area contributed by atoms with E-state index in [2.05, 4.69) is 0 Å². The fourth-order valence-electron chi connectivity index (χ4n) is 3.21. The van der Waals surface area contributed by atoms with Crippen molar-refractivity contribution in [3.05, 3.63) is 29.8 Å². The van der Waals surface area contributed by atoms with Crippen LogP contribution in [0.4, 0.5) is 0 Å². The first-order valence-electron chi connectivity index (χ1n) is 7.78. The minimum atomic E-state index is -3.41. The van der Waals surface area contributed by atoms with Gasteiger partial charge in [0.1, 0.15) is 0 Å². The molecule has 2 aliphatic heterocycles. The zero-order chi connectivity index (χ0) is 15.8. The van der Waals surface area contributed by atoms with Crippen LogP contribution in [0, 0.1) is 6.92 Å². The minimum absolute atomic E-state index is 0.183. The fourth-order valence-corrected chi connectivity index (χ4v) is 4.80. The third-order valence-corrected chi connectivity index (χ3v) is 6.24. The molecule has 122 valence electrons. The first-order valence-corrected chi connectivity index (χ1v) is 9.22. The topological polar surface area (TPSA) is 55.8 Å². The van der Waals surface area contributed by atoms with Crippen LogP contribution < -0.4 is 0 Å². The van der Waals surface area contributed by atoms with Crippen LogP contribution in [0.15, 0.2) is 29.2 Å². The van der Waals surface area contributed by atoms with Crippen molar-refractivity contribution >= 4 is 10.0 Å². The van der Waals surface area contributed by atoms with E-state index < -0.39 is 10.0 Å². The highest BCUT2D eigenvalue weighted by Gasteiger charge is 2.52. The van der Waals surface area contributed by atoms with Crippen molar-refractivity contribution < 1.29 is 17.9 Å². The summed E-state index contributed by atoms with van der Waals surface area (Å²) in [6.07, 6.45) is 1.85. The van der Waals surface area contributed by atoms with E-state index in [4.69, 9.17) is 9.47 Å². The Morgan fingerprint density at radius 2 is 2.00 bits per heavy atom. The van der Waals surface area contributed by atoms with Crippen molar-refractivity contribution in [3.63, 3.8) is 0 Å². The van der Waals surface area contributed by atoms with E-state index in [1.807, 2.05) is 26.0 Å². The first-order chi connectivity index (χ1) is 10.5. The quantitative estimate of drug-likeness (QED) is 0.849. The molecule has 1 atom stereocenters. The van der Waals surface area contributed by atoms with E-state index in [1.54, 1.807) is 12.1 Å². The second-order valence-corrected chi connectivity index (χ2v) is 8.13. The zero-order valence-electron chi connectivity index (χ0n) is 13.1. The number of sulfonamides is 1. The molecular weight excluding hydrogens is 302 g/mol. The van der Waals surface area contributed by atoms with Crippen molar-refractivity contribution in [3.8, 4) is 0 Å². The molecule has 0 aromatic heterocycles. The maximum Gasteiger partial charge on any atom is 0.243 e. The van der Waals surface area contributed by atoms with Gasteiger partial charge in [-0.25, -0.2) is 8.42 Å². The van der Waals surface area contributed by atoms with Crippen LogP contribution in [-0.2, 0) is 19.5 Å². The molecule has 0 N–H and O–H groups in total. The summed E-state index contributed by atoms with van der Waals surface area (Å²) >= 11 is 0. The van der Waals surface area contributed by atoms with Crippen molar-refractivity contribution in [1.82, 2.24) is 4.31 Å². The van der Waals surface area contributed by atoms with Gasteiger partial charge in [0.05, 0.1) is 16.6 Å². The van der Waals surface area contributed by atoms with Crippen LogP contribution in [0.1, 0.15) is 25.3 Å². The molecule has 0 amide bonds. The van der Waals surface area contributed by atoms with E-state index in [-0.39, 0.29) is 11.7 Å². The van der Waals surface area contributed by atoms with E-state index in [1.165, 1.54) is 4.31 Å². The lowest BCUT2D eigenvalue weighted by molar-refractivity contribution is -0.177. The maximum atomic E-state index is 12.6. The van der Waals surface area contributed by atoms with E-state index in [0.29, 0.717) is 31.2 Å². The van der Waals surface area contributed by atoms with Crippen molar-refractivity contribution in [2.24, 2.45) is 0 Å². The molecular formula is C16H23NO4S. The summed E-state index contributed by atoms with van der Waals surface area (Å²) in [7, 11) is -3.41. The van der Waals surface area contributed by atoms with Crippen LogP contribution in [0.3, 0.4) is 0 Å². The second kappa shape index (κ2) is 5.92. The van der Waals surface area contributed by atoms with E-state index in [9.17, 15) is 8.42 Å². The van der Waals surface area contributed by atoms with Gasteiger partial charge in [-0.1, -0.05) is 17.7 Å². The average molecular weight is 325 g/mol. The smallest absolute Gasteiger partial charge is 0.243 e. The molecule has 3 rings (SSSR count). The largest absolute Gasteiger partial charge is 0.378 e. The van der Waals surface area contributed by atoms with Crippen LogP contribution in [0.5, 0.6) is 0 Å². The Bertz CT molecular complexity index is 618. The van der Waals surface area contributed by atoms with Gasteiger partial charge in [-0.3, -0.25) is 0 Å². The summed E-state index contributed by atoms with van der Waals surface area (Å²) < 4.78 is 38.3. The van der Waals surface area contributed by atoms with E-state index in [0.717, 1.165) is 18.4 Å². The Hall–Kier alpha value is -0.950. The Kier molecular flexibility index (Phi) is 4.29. The summed E-state index contributed by atoms with van der Waals surface area (Å²) in [4.78, 5) is 0.352. The fraction of sp³-hybridized carbons (Fsp3) is 0.625. The lowest BCUT2D eigenvalue weighted by atomic mass is 9.86. The molecule has 22 heavy (non-hydrogen) atoms. The molecule has 2 heterocycles. The van der Waals surface area contributed by atoms with Crippen LogP contribution in [0.2, 0.25) is 0 Å². The lowest BCUT2D eigenvalue weighted by Crippen LogP contribution is -2.67. The molecule has 1 spiro atoms. The molecule has 2 aliphatic rings. The first kappa shape index (κ1) is 15.9. The molecule has 1 aromatic carbocycles. The number of hydrogen-bond acceptors (Lipinski definition) is 4. The van der Waals surface area contributed by atoms with Crippen molar-refractivity contribution in [2.75, 3.05) is 26.3 Å². The van der Waals surface area contributed by atoms with Gasteiger partial charge in [-0.2, -0.15) is 4.31 Å². The standard InChI is InChI=1S/C16H23NO4S/c1-3-20-14-8-9-21-16(10-14)11-17(12-16)22(18,19)15-6-4-13(2)5-7-15/h4-7,14H,3,8-12H2,1-2H3. The van der Waals surface area contributed by atoms with Crippen LogP contribution >= 0.6 is 0 Å². The number of ether oxygens (including phenoxy) is 2. The van der Waals surface area contributed by atoms with E-state index >= 15 is 0 Å². The van der Waals surface area contributed by atoms with Crippen molar-refractivity contribution in [1.29, 1.82) is 0 Å². The molecule has 0 aliphatic carbocycles. The predicted molar refractivity (Wildman–Crippen MR) is 83.3 cm³/mol. The Balaban J connectivity index is 1.68. The van der Waals surface area contributed by atoms with Gasteiger partial charge in [0, 0.05) is 32.7 Å². The van der Waals surface area contributed by atoms with Gasteiger partial charge in [-0.15, -0.1) is 0 Å². The summed E-state index contributed by atoms with van der Waals surface area (Å²) in [5.74, 6) is 0. The van der Waals surface area contributed by atoms with Crippen LogP contribution in [0.25, 0.3) is 0 Å². The third-order valence-electron chi connectivity index (χ3n) is 4.44. The highest BCUT2D eigenvalue weighted by Crippen LogP contribution is 2.38. The molecule has 0 saturated carbocycles.